The van der Waals surface area contributed by atoms with E-state index in [1.54, 1.807) is 23.5 Å². The topological polar surface area (TPSA) is 65.4 Å². The Hall–Kier alpha value is -3.33. The number of hydrogen-bond donors (Lipinski definition) is 1. The van der Waals surface area contributed by atoms with Crippen LogP contribution >= 0.6 is 11.3 Å². The van der Waals surface area contributed by atoms with Crippen LogP contribution in [-0.4, -0.2) is 45.9 Å². The van der Waals surface area contributed by atoms with E-state index < -0.39 is 0 Å². The molecular formula is C26H23FN4O2S. The maximum Gasteiger partial charge on any atom is 0.294 e. The van der Waals surface area contributed by atoms with Crippen LogP contribution in [0.5, 0.6) is 0 Å². The van der Waals surface area contributed by atoms with Crippen molar-refractivity contribution < 1.29 is 8.81 Å². The van der Waals surface area contributed by atoms with Gasteiger partial charge in [0.05, 0.1) is 6.54 Å². The molecule has 1 aliphatic rings. The van der Waals surface area contributed by atoms with Crippen molar-refractivity contribution in [1.82, 2.24) is 19.8 Å². The summed E-state index contributed by atoms with van der Waals surface area (Å²) in [5, 5.41) is 0.864. The van der Waals surface area contributed by atoms with Crippen LogP contribution < -0.4 is 5.56 Å². The van der Waals surface area contributed by atoms with Gasteiger partial charge in [-0.1, -0.05) is 24.3 Å². The van der Waals surface area contributed by atoms with Gasteiger partial charge in [-0.2, -0.15) is 0 Å². The molecule has 3 aromatic heterocycles. The number of aromatic amines is 1. The molecule has 0 radical (unpaired) electrons. The molecule has 0 amide bonds. The van der Waals surface area contributed by atoms with Crippen molar-refractivity contribution in [3.8, 4) is 10.4 Å². The van der Waals surface area contributed by atoms with Crippen molar-refractivity contribution in [2.45, 2.75) is 13.1 Å². The van der Waals surface area contributed by atoms with Crippen LogP contribution in [0.3, 0.4) is 0 Å². The van der Waals surface area contributed by atoms with E-state index in [-0.39, 0.29) is 17.0 Å². The van der Waals surface area contributed by atoms with E-state index in [1.807, 2.05) is 30.3 Å². The average molecular weight is 475 g/mol. The van der Waals surface area contributed by atoms with Crippen LogP contribution in [0.25, 0.3) is 32.5 Å². The van der Waals surface area contributed by atoms with Gasteiger partial charge in [0.15, 0.2) is 0 Å². The highest BCUT2D eigenvalue weighted by atomic mass is 32.1. The third-order valence-electron chi connectivity index (χ3n) is 6.27. The number of nitrogens with zero attached hydrogens (tertiary/aromatic N) is 3. The molecule has 1 saturated heterocycles. The monoisotopic (exact) mass is 474 g/mol. The minimum Gasteiger partial charge on any atom is -0.449 e. The van der Waals surface area contributed by atoms with E-state index in [4.69, 9.17) is 9.40 Å². The maximum atomic E-state index is 13.5. The molecule has 6 nitrogen and oxygen atoms in total. The van der Waals surface area contributed by atoms with Crippen LogP contribution in [0.2, 0.25) is 0 Å². The summed E-state index contributed by atoms with van der Waals surface area (Å²) >= 11 is 1.72. The average Bonchev–Trinajstić information content (AvgIpc) is 3.46. The van der Waals surface area contributed by atoms with Crippen molar-refractivity contribution >= 4 is 33.4 Å². The summed E-state index contributed by atoms with van der Waals surface area (Å²) in [6, 6.07) is 18.5. The molecule has 4 heterocycles. The fourth-order valence-corrected chi connectivity index (χ4v) is 5.57. The number of hydrogen-bond acceptors (Lipinski definition) is 6. The second kappa shape index (κ2) is 8.79. The summed E-state index contributed by atoms with van der Waals surface area (Å²) < 4.78 is 19.2. The molecule has 34 heavy (non-hydrogen) atoms. The fraction of sp³-hybridized carbons (Fsp3) is 0.231. The van der Waals surface area contributed by atoms with Gasteiger partial charge in [-0.25, -0.2) is 9.37 Å². The number of piperazine rings is 1. The Morgan fingerprint density at radius 1 is 0.971 bits per heavy atom. The van der Waals surface area contributed by atoms with Gasteiger partial charge >= 0.3 is 0 Å². The molecule has 8 heteroatoms. The molecule has 2 aromatic carbocycles. The number of thiophene rings is 1. The molecule has 1 fully saturated rings. The van der Waals surface area contributed by atoms with E-state index in [0.717, 1.165) is 48.6 Å². The zero-order valence-corrected chi connectivity index (χ0v) is 19.3. The molecule has 0 aliphatic carbocycles. The highest BCUT2D eigenvalue weighted by Crippen LogP contribution is 2.29. The van der Waals surface area contributed by atoms with Crippen molar-refractivity contribution in [2.75, 3.05) is 26.2 Å². The smallest absolute Gasteiger partial charge is 0.294 e. The van der Waals surface area contributed by atoms with Crippen LogP contribution in [0.15, 0.2) is 69.9 Å². The van der Waals surface area contributed by atoms with Crippen LogP contribution in [0, 0.1) is 5.82 Å². The van der Waals surface area contributed by atoms with E-state index in [0.29, 0.717) is 23.5 Å². The van der Waals surface area contributed by atoms with Gasteiger partial charge in [0.25, 0.3) is 5.56 Å². The van der Waals surface area contributed by atoms with Crippen LogP contribution in [-0.2, 0) is 13.1 Å². The summed E-state index contributed by atoms with van der Waals surface area (Å²) in [7, 11) is 0. The fourth-order valence-electron chi connectivity index (χ4n) is 4.52. The first kappa shape index (κ1) is 21.2. The Morgan fingerprint density at radius 3 is 2.59 bits per heavy atom. The number of para-hydroxylation sites is 1. The van der Waals surface area contributed by atoms with Crippen LogP contribution in [0.4, 0.5) is 4.39 Å². The van der Waals surface area contributed by atoms with Crippen molar-refractivity contribution in [1.29, 1.82) is 0 Å². The third-order valence-corrected chi connectivity index (χ3v) is 7.39. The minimum atomic E-state index is -0.235. The molecule has 1 aliphatic heterocycles. The molecule has 1 N–H and O–H groups in total. The number of rotatable bonds is 5. The molecule has 0 atom stereocenters. The second-order valence-corrected chi connectivity index (χ2v) is 9.79. The highest BCUT2D eigenvalue weighted by Gasteiger charge is 2.20. The van der Waals surface area contributed by atoms with Crippen molar-refractivity contribution in [2.24, 2.45) is 0 Å². The zero-order valence-electron chi connectivity index (χ0n) is 18.5. The predicted octanol–water partition coefficient (Wildman–Crippen LogP) is 4.85. The highest BCUT2D eigenvalue weighted by molar-refractivity contribution is 7.15. The van der Waals surface area contributed by atoms with Gasteiger partial charge < -0.3 is 9.40 Å². The zero-order chi connectivity index (χ0) is 23.1. The summed E-state index contributed by atoms with van der Waals surface area (Å²) in [5.74, 6) is 0.454. The lowest BCUT2D eigenvalue weighted by Gasteiger charge is -2.34. The lowest BCUT2D eigenvalue weighted by molar-refractivity contribution is 0.120. The normalized spacial score (nSPS) is 15.4. The molecule has 0 spiro atoms. The first-order chi connectivity index (χ1) is 16.6. The van der Waals surface area contributed by atoms with Gasteiger partial charge in [0.2, 0.25) is 5.58 Å². The van der Waals surface area contributed by atoms with Gasteiger partial charge in [0, 0.05) is 47.9 Å². The third kappa shape index (κ3) is 4.16. The lowest BCUT2D eigenvalue weighted by Crippen LogP contribution is -2.45. The van der Waals surface area contributed by atoms with Gasteiger partial charge in [-0.3, -0.25) is 14.6 Å². The van der Waals surface area contributed by atoms with E-state index >= 15 is 0 Å². The quantitative estimate of drug-likeness (QED) is 0.394. The number of fused-ring (bicyclic) bond motifs is 3. The molecule has 0 unspecified atom stereocenters. The van der Waals surface area contributed by atoms with Crippen LogP contribution in [0.1, 0.15) is 10.7 Å². The first-order valence-electron chi connectivity index (χ1n) is 11.3. The minimum absolute atomic E-state index is 0.209. The molecule has 0 bridgehead atoms. The van der Waals surface area contributed by atoms with E-state index in [1.165, 1.54) is 10.9 Å². The Balaban J connectivity index is 1.10. The number of furan rings is 1. The molecule has 5 aromatic rings. The Kier molecular flexibility index (Phi) is 5.49. The predicted molar refractivity (Wildman–Crippen MR) is 132 cm³/mol. The van der Waals surface area contributed by atoms with E-state index in [2.05, 4.69) is 26.9 Å². The lowest BCUT2D eigenvalue weighted by atomic mass is 10.2. The van der Waals surface area contributed by atoms with Gasteiger partial charge in [-0.15, -0.1) is 11.3 Å². The first-order valence-corrected chi connectivity index (χ1v) is 12.1. The Morgan fingerprint density at radius 2 is 1.76 bits per heavy atom. The second-order valence-electron chi connectivity index (χ2n) is 8.62. The van der Waals surface area contributed by atoms with Crippen molar-refractivity contribution in [3.05, 3.63) is 87.5 Å². The number of nitrogens with one attached hydrogen (secondary N) is 1. The summed E-state index contributed by atoms with van der Waals surface area (Å²) in [6.07, 6.45) is 0. The standard InChI is InChI=1S/C26H23FN4O2S/c27-18-5-3-4-17(14-18)22-9-8-19(34-22)15-30-10-12-31(13-11-30)16-23-28-24-20-6-1-2-7-21(20)33-25(24)26(32)29-23/h1-9,14H,10-13,15-16H2,(H,28,29,32). The number of H-pyrrole nitrogens is 1. The number of aromatic nitrogens is 2. The van der Waals surface area contributed by atoms with Gasteiger partial charge in [-0.05, 0) is 42.0 Å². The summed E-state index contributed by atoms with van der Waals surface area (Å²) in [4.78, 5) is 27.3. The SMILES string of the molecule is O=c1[nH]c(CN2CCN(Cc3ccc(-c4cccc(F)c4)s3)CC2)nc2c1oc1ccccc12. The van der Waals surface area contributed by atoms with E-state index in [9.17, 15) is 9.18 Å². The largest absolute Gasteiger partial charge is 0.449 e. The van der Waals surface area contributed by atoms with Crippen molar-refractivity contribution in [3.63, 3.8) is 0 Å². The van der Waals surface area contributed by atoms with Gasteiger partial charge in [0.1, 0.15) is 22.7 Å². The molecule has 172 valence electrons. The Bertz CT molecular complexity index is 1530. The molecular weight excluding hydrogens is 451 g/mol. The summed E-state index contributed by atoms with van der Waals surface area (Å²) in [5.41, 5.74) is 2.27. The Labute approximate surface area is 199 Å². The summed E-state index contributed by atoms with van der Waals surface area (Å²) in [6.45, 7) is 5.16. The molecule has 6 rings (SSSR count). The number of benzene rings is 2. The maximum absolute atomic E-state index is 13.5. The molecule has 0 saturated carbocycles. The number of halogens is 1.